The average molecular weight is 208 g/mol. The Hall–Kier alpha value is -2.09. The highest BCUT2D eigenvalue weighted by Crippen LogP contribution is 2.24. The van der Waals surface area contributed by atoms with E-state index in [1.165, 1.54) is 10.8 Å². The topological polar surface area (TPSA) is 24.9 Å². The lowest BCUT2D eigenvalue weighted by atomic mass is 10.1. The zero-order chi connectivity index (χ0) is 11.0. The first-order valence-corrected chi connectivity index (χ1v) is 5.35. The van der Waals surface area contributed by atoms with Crippen molar-refractivity contribution >= 4 is 27.5 Å². The van der Waals surface area contributed by atoms with E-state index in [0.717, 1.165) is 16.7 Å². The first-order valence-electron chi connectivity index (χ1n) is 5.35. The molecule has 2 heteroatoms. The van der Waals surface area contributed by atoms with Crippen molar-refractivity contribution in [2.24, 2.45) is 0 Å². The molecule has 0 atom stereocenters. The smallest absolute Gasteiger partial charge is 0.0940 e. The van der Waals surface area contributed by atoms with Gasteiger partial charge >= 0.3 is 0 Å². The van der Waals surface area contributed by atoms with Crippen LogP contribution < -0.4 is 5.32 Å². The van der Waals surface area contributed by atoms with Gasteiger partial charge in [-0.2, -0.15) is 0 Å². The van der Waals surface area contributed by atoms with E-state index in [2.05, 4.69) is 28.5 Å². The maximum Gasteiger partial charge on any atom is 0.0940 e. The average Bonchev–Trinajstić information content (AvgIpc) is 2.35. The molecule has 1 heterocycles. The molecule has 2 aromatic carbocycles. The molecule has 0 aliphatic heterocycles. The third-order valence-corrected chi connectivity index (χ3v) is 2.82. The van der Waals surface area contributed by atoms with Crippen molar-refractivity contribution in [2.75, 3.05) is 12.4 Å². The second-order valence-electron chi connectivity index (χ2n) is 3.81. The van der Waals surface area contributed by atoms with Crippen molar-refractivity contribution in [1.29, 1.82) is 0 Å². The number of hydrogen-bond acceptors (Lipinski definition) is 2. The number of aromatic nitrogens is 1. The lowest BCUT2D eigenvalue weighted by molar-refractivity contribution is 1.46. The molecule has 0 spiro atoms. The Labute approximate surface area is 93.9 Å². The molecule has 16 heavy (non-hydrogen) atoms. The predicted molar refractivity (Wildman–Crippen MR) is 68.8 cm³/mol. The van der Waals surface area contributed by atoms with E-state index in [-0.39, 0.29) is 0 Å². The van der Waals surface area contributed by atoms with Gasteiger partial charge in [-0.05, 0) is 18.2 Å². The van der Waals surface area contributed by atoms with Crippen LogP contribution in [0.2, 0.25) is 0 Å². The van der Waals surface area contributed by atoms with Crippen molar-refractivity contribution in [2.45, 2.75) is 0 Å². The largest absolute Gasteiger partial charge is 0.386 e. The molecular formula is C14H12N2. The number of anilines is 1. The lowest BCUT2D eigenvalue weighted by Gasteiger charge is -2.06. The van der Waals surface area contributed by atoms with Crippen LogP contribution in [0.3, 0.4) is 0 Å². The summed E-state index contributed by atoms with van der Waals surface area (Å²) in [5.74, 6) is 0. The lowest BCUT2D eigenvalue weighted by Crippen LogP contribution is -1.91. The van der Waals surface area contributed by atoms with Crippen molar-refractivity contribution in [1.82, 2.24) is 4.98 Å². The number of nitrogens with zero attached hydrogens (tertiary/aromatic N) is 1. The molecule has 0 saturated heterocycles. The summed E-state index contributed by atoms with van der Waals surface area (Å²) >= 11 is 0. The first kappa shape index (κ1) is 9.16. The van der Waals surface area contributed by atoms with Gasteiger partial charge in [0, 0.05) is 17.8 Å². The van der Waals surface area contributed by atoms with Crippen LogP contribution in [0.5, 0.6) is 0 Å². The molecule has 1 N–H and O–H groups in total. The molecule has 3 rings (SSSR count). The van der Waals surface area contributed by atoms with E-state index in [9.17, 15) is 0 Å². The number of hydrogen-bond donors (Lipinski definition) is 1. The van der Waals surface area contributed by atoms with E-state index < -0.39 is 0 Å². The molecule has 0 aliphatic rings. The molecule has 0 saturated carbocycles. The summed E-state index contributed by atoms with van der Waals surface area (Å²) in [5, 5.41) is 5.53. The summed E-state index contributed by atoms with van der Waals surface area (Å²) in [6.07, 6.45) is 0. The van der Waals surface area contributed by atoms with Crippen molar-refractivity contribution < 1.29 is 0 Å². The monoisotopic (exact) mass is 208 g/mol. The SMILES string of the molecule is CNc1cccc2cc3ccccc3nc12. The van der Waals surface area contributed by atoms with Gasteiger partial charge in [0.25, 0.3) is 0 Å². The summed E-state index contributed by atoms with van der Waals surface area (Å²) in [7, 11) is 1.92. The Kier molecular flexibility index (Phi) is 2.00. The third-order valence-electron chi connectivity index (χ3n) is 2.82. The number of para-hydroxylation sites is 2. The highest BCUT2D eigenvalue weighted by molar-refractivity contribution is 5.98. The van der Waals surface area contributed by atoms with Crippen LogP contribution in [0.1, 0.15) is 0 Å². The van der Waals surface area contributed by atoms with E-state index in [1.807, 2.05) is 37.4 Å². The first-order chi connectivity index (χ1) is 7.88. The molecule has 3 aromatic rings. The van der Waals surface area contributed by atoms with Crippen LogP contribution >= 0.6 is 0 Å². The van der Waals surface area contributed by atoms with E-state index in [1.54, 1.807) is 0 Å². The minimum absolute atomic E-state index is 1.03. The molecule has 78 valence electrons. The van der Waals surface area contributed by atoms with Crippen LogP contribution in [0.15, 0.2) is 48.5 Å². The third kappa shape index (κ3) is 1.31. The zero-order valence-corrected chi connectivity index (χ0v) is 9.07. The Bertz CT molecular complexity index is 659. The Balaban J connectivity index is 2.46. The normalized spacial score (nSPS) is 10.8. The summed E-state index contributed by atoms with van der Waals surface area (Å²) in [5.41, 5.74) is 3.14. The fraction of sp³-hybridized carbons (Fsp3) is 0.0714. The molecule has 1 aromatic heterocycles. The van der Waals surface area contributed by atoms with Gasteiger partial charge in [-0.1, -0.05) is 30.3 Å². The molecule has 0 unspecified atom stereocenters. The quantitative estimate of drug-likeness (QED) is 0.620. The fourth-order valence-electron chi connectivity index (χ4n) is 2.00. The van der Waals surface area contributed by atoms with E-state index in [4.69, 9.17) is 0 Å². The van der Waals surface area contributed by atoms with Crippen LogP contribution in [0.25, 0.3) is 21.8 Å². The highest BCUT2D eigenvalue weighted by Gasteiger charge is 2.02. The molecule has 0 radical (unpaired) electrons. The second kappa shape index (κ2) is 3.49. The van der Waals surface area contributed by atoms with Gasteiger partial charge in [-0.15, -0.1) is 0 Å². The van der Waals surface area contributed by atoms with Gasteiger partial charge in [0.05, 0.1) is 16.7 Å². The molecule has 0 fully saturated rings. The summed E-state index contributed by atoms with van der Waals surface area (Å²) in [6, 6.07) is 16.6. The molecule has 0 aliphatic carbocycles. The van der Waals surface area contributed by atoms with E-state index >= 15 is 0 Å². The summed E-state index contributed by atoms with van der Waals surface area (Å²) < 4.78 is 0. The highest BCUT2D eigenvalue weighted by atomic mass is 14.9. The van der Waals surface area contributed by atoms with E-state index in [0.29, 0.717) is 0 Å². The maximum atomic E-state index is 4.69. The van der Waals surface area contributed by atoms with Gasteiger partial charge in [-0.25, -0.2) is 4.98 Å². The number of pyridine rings is 1. The predicted octanol–water partition coefficient (Wildman–Crippen LogP) is 3.43. The van der Waals surface area contributed by atoms with Gasteiger partial charge in [0.2, 0.25) is 0 Å². The molecular weight excluding hydrogens is 196 g/mol. The van der Waals surface area contributed by atoms with Crippen LogP contribution in [-0.4, -0.2) is 12.0 Å². The van der Waals surface area contributed by atoms with Gasteiger partial charge in [0.15, 0.2) is 0 Å². The Morgan fingerprint density at radius 1 is 0.938 bits per heavy atom. The second-order valence-corrected chi connectivity index (χ2v) is 3.81. The van der Waals surface area contributed by atoms with Crippen molar-refractivity contribution in [3.8, 4) is 0 Å². The number of fused-ring (bicyclic) bond motifs is 2. The van der Waals surface area contributed by atoms with Crippen LogP contribution in [0, 0.1) is 0 Å². The van der Waals surface area contributed by atoms with Crippen molar-refractivity contribution in [3.63, 3.8) is 0 Å². The Morgan fingerprint density at radius 2 is 1.75 bits per heavy atom. The molecule has 0 bridgehead atoms. The van der Waals surface area contributed by atoms with Crippen LogP contribution in [0.4, 0.5) is 5.69 Å². The molecule has 2 nitrogen and oxygen atoms in total. The minimum Gasteiger partial charge on any atom is -0.386 e. The number of benzene rings is 2. The minimum atomic E-state index is 1.03. The standard InChI is InChI=1S/C14H12N2/c1-15-13-8-4-6-11-9-10-5-2-3-7-12(10)16-14(11)13/h2-9,15H,1H3. The Morgan fingerprint density at radius 3 is 2.62 bits per heavy atom. The number of rotatable bonds is 1. The summed E-state index contributed by atoms with van der Waals surface area (Å²) in [4.78, 5) is 4.69. The molecule has 0 amide bonds. The maximum absolute atomic E-state index is 4.69. The zero-order valence-electron chi connectivity index (χ0n) is 9.07. The van der Waals surface area contributed by atoms with Gasteiger partial charge in [-0.3, -0.25) is 0 Å². The van der Waals surface area contributed by atoms with Gasteiger partial charge < -0.3 is 5.32 Å². The summed E-state index contributed by atoms with van der Waals surface area (Å²) in [6.45, 7) is 0. The van der Waals surface area contributed by atoms with Gasteiger partial charge in [0.1, 0.15) is 0 Å². The number of nitrogens with one attached hydrogen (secondary N) is 1. The van der Waals surface area contributed by atoms with Crippen LogP contribution in [-0.2, 0) is 0 Å². The van der Waals surface area contributed by atoms with Crippen molar-refractivity contribution in [3.05, 3.63) is 48.5 Å². The fourth-order valence-corrected chi connectivity index (χ4v) is 2.00.